The second-order valence-corrected chi connectivity index (χ2v) is 11.8. The van der Waals surface area contributed by atoms with E-state index < -0.39 is 55.2 Å². The Morgan fingerprint density at radius 1 is 1.14 bits per heavy atom. The van der Waals surface area contributed by atoms with Gasteiger partial charge in [0.1, 0.15) is 19.0 Å². The van der Waals surface area contributed by atoms with Gasteiger partial charge in [0.2, 0.25) is 0 Å². The molecule has 0 fully saturated rings. The van der Waals surface area contributed by atoms with Crippen molar-refractivity contribution in [2.75, 3.05) is 13.2 Å². The van der Waals surface area contributed by atoms with Gasteiger partial charge < -0.3 is 14.2 Å². The van der Waals surface area contributed by atoms with E-state index in [0.29, 0.717) is 12.7 Å². The molecule has 0 aliphatic carbocycles. The first-order chi connectivity index (χ1) is 16.6. The zero-order valence-electron chi connectivity index (χ0n) is 17.7. The normalized spacial score (nSPS) is 12.5. The van der Waals surface area contributed by atoms with E-state index >= 15 is 0 Å². The SMILES string of the molecule is CC(OC(=O)c1c(C(=O)OCCOc2c(I)cc(I)cc2I)cccc1[N+](=O)[O-])C(F)(F)S(=O)(=O)O. The summed E-state index contributed by atoms with van der Waals surface area (Å²) in [5, 5.41) is 6.47. The van der Waals surface area contributed by atoms with Gasteiger partial charge in [0.05, 0.1) is 17.6 Å². The van der Waals surface area contributed by atoms with Crippen LogP contribution in [0, 0.1) is 20.8 Å². The van der Waals surface area contributed by atoms with Crippen LogP contribution in [0.15, 0.2) is 30.3 Å². The van der Waals surface area contributed by atoms with Crippen LogP contribution < -0.4 is 4.74 Å². The minimum Gasteiger partial charge on any atom is -0.488 e. The topological polar surface area (TPSA) is 159 Å². The lowest BCUT2D eigenvalue weighted by Gasteiger charge is -2.21. The number of hydrogen-bond acceptors (Lipinski definition) is 9. The molecule has 0 heterocycles. The molecular formula is C19H14F2I3NO10S. The van der Waals surface area contributed by atoms with Crippen molar-refractivity contribution >= 4 is 95.5 Å². The van der Waals surface area contributed by atoms with Crippen LogP contribution in [-0.2, 0) is 19.6 Å². The van der Waals surface area contributed by atoms with Crippen molar-refractivity contribution in [1.29, 1.82) is 0 Å². The van der Waals surface area contributed by atoms with Crippen LogP contribution in [0.25, 0.3) is 0 Å². The zero-order valence-corrected chi connectivity index (χ0v) is 25.0. The highest BCUT2D eigenvalue weighted by molar-refractivity contribution is 14.1. The van der Waals surface area contributed by atoms with E-state index in [1.807, 2.05) is 12.1 Å². The van der Waals surface area contributed by atoms with Crippen LogP contribution in [0.2, 0.25) is 0 Å². The fraction of sp³-hybridized carbons (Fsp3) is 0.263. The van der Waals surface area contributed by atoms with E-state index in [0.717, 1.165) is 28.9 Å². The van der Waals surface area contributed by atoms with Crippen molar-refractivity contribution in [1.82, 2.24) is 0 Å². The maximum atomic E-state index is 13.8. The van der Waals surface area contributed by atoms with Crippen molar-refractivity contribution in [2.24, 2.45) is 0 Å². The third kappa shape index (κ3) is 7.31. The minimum atomic E-state index is -5.98. The first-order valence-electron chi connectivity index (χ1n) is 9.35. The second kappa shape index (κ2) is 12.4. The largest absolute Gasteiger partial charge is 0.488 e. The van der Waals surface area contributed by atoms with Gasteiger partial charge in [-0.05, 0) is 92.9 Å². The summed E-state index contributed by atoms with van der Waals surface area (Å²) in [6.45, 7) is -0.0147. The maximum absolute atomic E-state index is 13.8. The number of nitro groups is 1. The van der Waals surface area contributed by atoms with E-state index in [2.05, 4.69) is 72.5 Å². The van der Waals surface area contributed by atoms with Crippen LogP contribution in [0.1, 0.15) is 27.6 Å². The summed E-state index contributed by atoms with van der Waals surface area (Å²) < 4.78 is 75.6. The summed E-state index contributed by atoms with van der Waals surface area (Å²) in [6, 6.07) is 6.54. The Morgan fingerprint density at radius 3 is 2.25 bits per heavy atom. The molecule has 1 unspecified atom stereocenters. The third-order valence-corrected chi connectivity index (χ3v) is 7.54. The standard InChI is InChI=1S/C19H14F2I3NO10S/c1-9(19(20,21)36(30,31)32)35-18(27)15-11(3-2-4-14(15)25(28)29)17(26)34-6-5-33-16-12(23)7-10(22)8-13(16)24/h2-4,7-9H,5-6H2,1H3,(H,30,31,32). The van der Waals surface area contributed by atoms with Crippen molar-refractivity contribution in [3.05, 3.63) is 62.3 Å². The average Bonchev–Trinajstić information content (AvgIpc) is 2.76. The predicted molar refractivity (Wildman–Crippen MR) is 145 cm³/mol. The van der Waals surface area contributed by atoms with Crippen molar-refractivity contribution < 1.29 is 50.5 Å². The molecule has 0 aromatic heterocycles. The number of ether oxygens (including phenoxy) is 3. The molecule has 2 rings (SSSR count). The number of benzene rings is 2. The lowest BCUT2D eigenvalue weighted by molar-refractivity contribution is -0.385. The molecule has 36 heavy (non-hydrogen) atoms. The van der Waals surface area contributed by atoms with E-state index in [1.54, 1.807) is 0 Å². The van der Waals surface area contributed by atoms with Gasteiger partial charge in [0.15, 0.2) is 11.7 Å². The number of rotatable bonds is 10. The quantitative estimate of drug-likeness (QED) is 0.0889. The molecule has 2 aromatic rings. The number of carbonyl (C=O) groups excluding carboxylic acids is 2. The molecule has 2 aromatic carbocycles. The fourth-order valence-corrected chi connectivity index (χ4v) is 6.96. The highest BCUT2D eigenvalue weighted by atomic mass is 127. The molecule has 1 atom stereocenters. The van der Waals surface area contributed by atoms with Crippen molar-refractivity contribution in [2.45, 2.75) is 18.3 Å². The highest BCUT2D eigenvalue weighted by Gasteiger charge is 2.52. The Hall–Kier alpha value is -1.46. The smallest absolute Gasteiger partial charge is 0.405 e. The molecular weight excluding hydrogens is 853 g/mol. The van der Waals surface area contributed by atoms with Crippen LogP contribution >= 0.6 is 67.8 Å². The Kier molecular flexibility index (Phi) is 10.6. The first-order valence-corrected chi connectivity index (χ1v) is 14.0. The number of carbonyl (C=O) groups is 2. The van der Waals surface area contributed by atoms with Crippen LogP contribution in [-0.4, -0.2) is 54.4 Å². The van der Waals surface area contributed by atoms with Crippen LogP contribution in [0.5, 0.6) is 5.75 Å². The number of halogens is 5. The lowest BCUT2D eigenvalue weighted by atomic mass is 10.1. The number of alkyl halides is 2. The van der Waals surface area contributed by atoms with Gasteiger partial charge in [-0.3, -0.25) is 14.7 Å². The van der Waals surface area contributed by atoms with Gasteiger partial charge in [-0.25, -0.2) is 9.59 Å². The molecule has 0 amide bonds. The lowest BCUT2D eigenvalue weighted by Crippen LogP contribution is -2.42. The molecule has 0 bridgehead atoms. The molecule has 17 heteroatoms. The van der Waals surface area contributed by atoms with E-state index in [-0.39, 0.29) is 13.2 Å². The summed E-state index contributed by atoms with van der Waals surface area (Å²) in [7, 11) is -5.98. The average molecular weight is 867 g/mol. The highest BCUT2D eigenvalue weighted by Crippen LogP contribution is 2.31. The number of esters is 2. The second-order valence-electron chi connectivity index (χ2n) is 6.72. The van der Waals surface area contributed by atoms with Gasteiger partial charge >= 0.3 is 27.3 Å². The first kappa shape index (κ1) is 30.8. The summed E-state index contributed by atoms with van der Waals surface area (Å²) in [4.78, 5) is 35.4. The van der Waals surface area contributed by atoms with E-state index in [1.165, 1.54) is 0 Å². The molecule has 0 aliphatic heterocycles. The Bertz CT molecular complexity index is 1280. The summed E-state index contributed by atoms with van der Waals surface area (Å²) in [5.41, 5.74) is -2.70. The Labute approximate surface area is 243 Å². The third-order valence-electron chi connectivity index (χ3n) is 4.29. The molecule has 0 spiro atoms. The van der Waals surface area contributed by atoms with E-state index in [4.69, 9.17) is 14.0 Å². The molecule has 0 radical (unpaired) electrons. The zero-order chi connectivity index (χ0) is 27.4. The Morgan fingerprint density at radius 2 is 1.72 bits per heavy atom. The molecule has 1 N–H and O–H groups in total. The Balaban J connectivity index is 2.23. The van der Waals surface area contributed by atoms with Gasteiger partial charge in [-0.1, -0.05) is 6.07 Å². The van der Waals surface area contributed by atoms with Gasteiger partial charge in [0, 0.05) is 9.64 Å². The van der Waals surface area contributed by atoms with E-state index in [9.17, 15) is 36.9 Å². The van der Waals surface area contributed by atoms with Gasteiger partial charge in [-0.2, -0.15) is 17.2 Å². The van der Waals surface area contributed by atoms with Crippen molar-refractivity contribution in [3.8, 4) is 5.75 Å². The predicted octanol–water partition coefficient (Wildman–Crippen LogP) is 4.67. The number of nitrogens with zero attached hydrogens (tertiary/aromatic N) is 1. The number of nitro benzene ring substituents is 1. The van der Waals surface area contributed by atoms with Crippen LogP contribution in [0.3, 0.4) is 0 Å². The monoisotopic (exact) mass is 867 g/mol. The van der Waals surface area contributed by atoms with Gasteiger partial charge in [0.25, 0.3) is 5.69 Å². The van der Waals surface area contributed by atoms with Crippen molar-refractivity contribution in [3.63, 3.8) is 0 Å². The fourth-order valence-electron chi connectivity index (χ4n) is 2.60. The minimum absolute atomic E-state index is 0.120. The molecule has 11 nitrogen and oxygen atoms in total. The summed E-state index contributed by atoms with van der Waals surface area (Å²) >= 11 is 6.26. The molecule has 0 saturated carbocycles. The number of hydrogen-bond donors (Lipinski definition) is 1. The summed E-state index contributed by atoms with van der Waals surface area (Å²) in [6.07, 6.45) is -2.75. The molecule has 0 saturated heterocycles. The maximum Gasteiger partial charge on any atom is 0.405 e. The molecule has 0 aliphatic rings. The summed E-state index contributed by atoms with van der Waals surface area (Å²) in [5.74, 6) is -2.49. The molecule has 196 valence electrons. The van der Waals surface area contributed by atoms with Crippen LogP contribution in [0.4, 0.5) is 14.5 Å². The van der Waals surface area contributed by atoms with Gasteiger partial charge in [-0.15, -0.1) is 0 Å².